The number of sulfonamides is 1. The van der Waals surface area contributed by atoms with E-state index in [2.05, 4.69) is 9.50 Å². The predicted molar refractivity (Wildman–Crippen MR) is 95.1 cm³/mol. The second-order valence-electron chi connectivity index (χ2n) is 5.49. The molecule has 140 valence electrons. The van der Waals surface area contributed by atoms with Crippen LogP contribution < -0.4 is 4.74 Å². The van der Waals surface area contributed by atoms with Crippen LogP contribution in [-0.2, 0) is 10.0 Å². The van der Waals surface area contributed by atoms with E-state index in [0.717, 1.165) is 6.07 Å². The molecule has 1 aliphatic rings. The minimum absolute atomic E-state index is 0.0187. The van der Waals surface area contributed by atoms with Gasteiger partial charge in [0.15, 0.2) is 17.4 Å². The minimum Gasteiger partial charge on any atom is -0.494 e. The number of methoxy groups -OCH3 is 1. The van der Waals surface area contributed by atoms with E-state index in [4.69, 9.17) is 4.74 Å². The molecule has 0 N–H and O–H groups in total. The van der Waals surface area contributed by atoms with E-state index in [1.165, 1.54) is 55.7 Å². The van der Waals surface area contributed by atoms with Crippen molar-refractivity contribution in [2.45, 2.75) is 4.90 Å². The van der Waals surface area contributed by atoms with E-state index in [1.54, 1.807) is 0 Å². The smallest absolute Gasteiger partial charge is 0.285 e. The molecule has 0 spiro atoms. The number of rotatable bonds is 4. The fraction of sp³-hybridized carbons (Fsp3) is 0.125. The first-order valence-electron chi connectivity index (χ1n) is 7.48. The Morgan fingerprint density at radius 2 is 2.04 bits per heavy atom. The van der Waals surface area contributed by atoms with Crippen molar-refractivity contribution in [2.24, 2.45) is 9.50 Å². The number of halogens is 1. The van der Waals surface area contributed by atoms with E-state index in [0.29, 0.717) is 5.56 Å². The summed E-state index contributed by atoms with van der Waals surface area (Å²) in [5, 5.41) is 16.2. The Labute approximate surface area is 153 Å². The molecule has 0 fully saturated rings. The molecule has 0 unspecified atom stereocenters. The van der Waals surface area contributed by atoms with Gasteiger partial charge in [-0.2, -0.15) is 13.5 Å². The molecule has 0 atom stereocenters. The van der Waals surface area contributed by atoms with Crippen LogP contribution in [0.4, 0.5) is 10.1 Å². The maximum atomic E-state index is 13.4. The van der Waals surface area contributed by atoms with Crippen LogP contribution in [0.2, 0.25) is 0 Å². The van der Waals surface area contributed by atoms with Gasteiger partial charge in [-0.05, 0) is 23.8 Å². The summed E-state index contributed by atoms with van der Waals surface area (Å²) in [7, 11) is -1.25. The van der Waals surface area contributed by atoms with E-state index in [1.807, 2.05) is 0 Å². The van der Waals surface area contributed by atoms with Gasteiger partial charge in [-0.25, -0.2) is 9.40 Å². The van der Waals surface area contributed by atoms with Crippen molar-refractivity contribution in [1.29, 1.82) is 0 Å². The fourth-order valence-electron chi connectivity index (χ4n) is 2.43. The summed E-state index contributed by atoms with van der Waals surface area (Å²) < 4.78 is 46.4. The van der Waals surface area contributed by atoms with Crippen molar-refractivity contribution in [3.8, 4) is 5.75 Å². The second-order valence-corrected chi connectivity index (χ2v) is 7.06. The Hall–Kier alpha value is -3.34. The molecular weight excluding hydrogens is 379 g/mol. The third-order valence-electron chi connectivity index (χ3n) is 3.76. The Kier molecular flexibility index (Phi) is 4.62. The van der Waals surface area contributed by atoms with Gasteiger partial charge in [0.05, 0.1) is 18.2 Å². The van der Waals surface area contributed by atoms with Gasteiger partial charge in [-0.3, -0.25) is 10.1 Å². The van der Waals surface area contributed by atoms with Crippen LogP contribution in [0.1, 0.15) is 11.1 Å². The molecule has 0 saturated heterocycles. The van der Waals surface area contributed by atoms with E-state index < -0.39 is 20.8 Å². The van der Waals surface area contributed by atoms with Crippen molar-refractivity contribution in [2.75, 3.05) is 14.2 Å². The van der Waals surface area contributed by atoms with Crippen LogP contribution in [0.15, 0.2) is 50.8 Å². The van der Waals surface area contributed by atoms with Gasteiger partial charge < -0.3 is 4.74 Å². The normalized spacial score (nSPS) is 14.7. The summed E-state index contributed by atoms with van der Waals surface area (Å²) in [6.45, 7) is 0. The van der Waals surface area contributed by atoms with Crippen LogP contribution in [0.25, 0.3) is 0 Å². The average molecular weight is 392 g/mol. The Morgan fingerprint density at radius 3 is 2.70 bits per heavy atom. The lowest BCUT2D eigenvalue weighted by Crippen LogP contribution is -2.21. The highest BCUT2D eigenvalue weighted by Gasteiger charge is 2.32. The lowest BCUT2D eigenvalue weighted by atomic mass is 10.2. The molecule has 11 heteroatoms. The van der Waals surface area contributed by atoms with Crippen LogP contribution in [0, 0.1) is 15.9 Å². The number of amidine groups is 1. The largest absolute Gasteiger partial charge is 0.494 e. The first-order valence-corrected chi connectivity index (χ1v) is 8.92. The maximum Gasteiger partial charge on any atom is 0.285 e. The standard InChI is InChI=1S/C16H13FN4O5S/c1-20(18-9-10-3-6-13(17)14(7-10)26-2)16-12-5-4-11(21(22)23)8-15(12)27(24,25)19-16/h3-9H,1-2H3/b18-9+. The van der Waals surface area contributed by atoms with Gasteiger partial charge in [0.25, 0.3) is 15.7 Å². The molecule has 0 aromatic heterocycles. The number of ether oxygens (including phenoxy) is 1. The van der Waals surface area contributed by atoms with Crippen molar-refractivity contribution >= 4 is 27.8 Å². The molecule has 1 heterocycles. The molecule has 1 aliphatic heterocycles. The quantitative estimate of drug-likeness (QED) is 0.447. The number of hydrogen-bond acceptors (Lipinski definition) is 7. The monoisotopic (exact) mass is 392 g/mol. The third-order valence-corrected chi connectivity index (χ3v) is 5.07. The topological polar surface area (TPSA) is 114 Å². The van der Waals surface area contributed by atoms with Crippen LogP contribution in [0.5, 0.6) is 5.75 Å². The molecule has 2 aromatic carbocycles. The molecule has 2 aromatic rings. The van der Waals surface area contributed by atoms with E-state index in [-0.39, 0.29) is 27.7 Å². The van der Waals surface area contributed by atoms with Gasteiger partial charge in [0, 0.05) is 24.7 Å². The van der Waals surface area contributed by atoms with Crippen molar-refractivity contribution in [3.05, 3.63) is 63.5 Å². The van der Waals surface area contributed by atoms with E-state index in [9.17, 15) is 22.9 Å². The zero-order valence-corrected chi connectivity index (χ0v) is 15.0. The number of fused-ring (bicyclic) bond motifs is 1. The number of non-ortho nitro benzene ring substituents is 1. The van der Waals surface area contributed by atoms with Crippen LogP contribution in [0.3, 0.4) is 0 Å². The highest BCUT2D eigenvalue weighted by atomic mass is 32.2. The van der Waals surface area contributed by atoms with Crippen molar-refractivity contribution in [1.82, 2.24) is 5.01 Å². The average Bonchev–Trinajstić information content (AvgIpc) is 2.91. The first kappa shape index (κ1) is 18.5. The molecule has 3 rings (SSSR count). The van der Waals surface area contributed by atoms with Gasteiger partial charge in [0.2, 0.25) is 0 Å². The Balaban J connectivity index is 1.93. The highest BCUT2D eigenvalue weighted by Crippen LogP contribution is 2.30. The number of hydrazone groups is 1. The number of nitrogens with zero attached hydrogens (tertiary/aromatic N) is 4. The summed E-state index contributed by atoms with van der Waals surface area (Å²) in [6, 6.07) is 7.58. The zero-order valence-electron chi connectivity index (χ0n) is 14.2. The summed E-state index contributed by atoms with van der Waals surface area (Å²) in [5.41, 5.74) is 0.376. The van der Waals surface area contributed by atoms with Crippen LogP contribution >= 0.6 is 0 Å². The Morgan fingerprint density at radius 1 is 1.30 bits per heavy atom. The number of nitro groups is 1. The molecule has 0 saturated carbocycles. The SMILES string of the molecule is COc1cc(/C=N/N(C)C2=NS(=O)(=O)c3cc([N+](=O)[O-])ccc32)ccc1F. The molecular formula is C16H13FN4O5S. The number of hydrogen-bond donors (Lipinski definition) is 0. The summed E-state index contributed by atoms with van der Waals surface area (Å²) >= 11 is 0. The lowest BCUT2D eigenvalue weighted by molar-refractivity contribution is -0.385. The van der Waals surface area contributed by atoms with Gasteiger partial charge in [-0.15, -0.1) is 4.40 Å². The molecule has 27 heavy (non-hydrogen) atoms. The summed E-state index contributed by atoms with van der Waals surface area (Å²) in [5.74, 6) is -0.463. The maximum absolute atomic E-state index is 13.4. The summed E-state index contributed by atoms with van der Waals surface area (Å²) in [4.78, 5) is 9.93. The van der Waals surface area contributed by atoms with Gasteiger partial charge >= 0.3 is 0 Å². The minimum atomic E-state index is -4.06. The molecule has 0 bridgehead atoms. The highest BCUT2D eigenvalue weighted by molar-refractivity contribution is 7.90. The van der Waals surface area contributed by atoms with Crippen LogP contribution in [-0.4, -0.2) is 44.6 Å². The molecule has 0 amide bonds. The summed E-state index contributed by atoms with van der Waals surface area (Å²) in [6.07, 6.45) is 1.38. The number of nitro benzene ring substituents is 1. The first-order chi connectivity index (χ1) is 12.7. The molecule has 0 radical (unpaired) electrons. The third kappa shape index (κ3) is 3.49. The fourth-order valence-corrected chi connectivity index (χ4v) is 3.68. The predicted octanol–water partition coefficient (Wildman–Crippen LogP) is 2.16. The van der Waals surface area contributed by atoms with Crippen molar-refractivity contribution in [3.63, 3.8) is 0 Å². The van der Waals surface area contributed by atoms with Gasteiger partial charge in [0.1, 0.15) is 4.90 Å². The van der Waals surface area contributed by atoms with Crippen molar-refractivity contribution < 1.29 is 22.5 Å². The zero-order chi connectivity index (χ0) is 19.8. The molecule has 0 aliphatic carbocycles. The number of benzene rings is 2. The van der Waals surface area contributed by atoms with E-state index >= 15 is 0 Å². The Bertz CT molecular complexity index is 1100. The second kappa shape index (κ2) is 6.76. The van der Waals surface area contributed by atoms with Gasteiger partial charge in [-0.1, -0.05) is 6.07 Å². The lowest BCUT2D eigenvalue weighted by Gasteiger charge is -2.12. The molecule has 9 nitrogen and oxygen atoms in total.